The molecular formula is C17H23FN2. The number of hydrogen-bond donors (Lipinski definition) is 2. The second-order valence-electron chi connectivity index (χ2n) is 6.87. The molecule has 2 nitrogen and oxygen atoms in total. The van der Waals surface area contributed by atoms with Gasteiger partial charge >= 0.3 is 0 Å². The van der Waals surface area contributed by atoms with Gasteiger partial charge in [0, 0.05) is 6.04 Å². The lowest BCUT2D eigenvalue weighted by Crippen LogP contribution is -2.39. The van der Waals surface area contributed by atoms with E-state index < -0.39 is 0 Å². The van der Waals surface area contributed by atoms with Crippen LogP contribution in [-0.2, 0) is 5.41 Å². The van der Waals surface area contributed by atoms with Crippen LogP contribution in [0.2, 0.25) is 0 Å². The average Bonchev–Trinajstić information content (AvgIpc) is 3.25. The monoisotopic (exact) mass is 274 g/mol. The van der Waals surface area contributed by atoms with Crippen LogP contribution < -0.4 is 10.6 Å². The fourth-order valence-corrected chi connectivity index (χ4v) is 4.09. The van der Waals surface area contributed by atoms with Gasteiger partial charge in [-0.05, 0) is 86.3 Å². The molecule has 3 aliphatic rings. The summed E-state index contributed by atoms with van der Waals surface area (Å²) in [6.45, 7) is 3.26. The van der Waals surface area contributed by atoms with Gasteiger partial charge in [-0.15, -0.1) is 0 Å². The third-order valence-electron chi connectivity index (χ3n) is 5.47. The van der Waals surface area contributed by atoms with E-state index in [0.717, 1.165) is 44.8 Å². The second-order valence-corrected chi connectivity index (χ2v) is 6.87. The fourth-order valence-electron chi connectivity index (χ4n) is 4.09. The summed E-state index contributed by atoms with van der Waals surface area (Å²) in [5.41, 5.74) is 2.85. The smallest absolute Gasteiger partial charge is 0.123 e. The molecule has 108 valence electrons. The van der Waals surface area contributed by atoms with E-state index in [-0.39, 0.29) is 11.2 Å². The maximum atomic E-state index is 13.7. The molecule has 1 saturated carbocycles. The van der Waals surface area contributed by atoms with E-state index in [9.17, 15) is 4.39 Å². The van der Waals surface area contributed by atoms with E-state index in [1.807, 2.05) is 6.07 Å². The number of benzene rings is 1. The number of fused-ring (bicyclic) bond motifs is 2. The van der Waals surface area contributed by atoms with Gasteiger partial charge in [0.15, 0.2) is 0 Å². The van der Waals surface area contributed by atoms with Crippen molar-refractivity contribution in [2.75, 3.05) is 19.6 Å². The third kappa shape index (κ3) is 2.17. The lowest BCUT2D eigenvalue weighted by Gasteiger charge is -2.35. The molecule has 1 spiro atoms. The fraction of sp³-hybridized carbons (Fsp3) is 0.647. The molecule has 1 atom stereocenters. The average molecular weight is 274 g/mol. The summed E-state index contributed by atoms with van der Waals surface area (Å²) in [6, 6.07) is 5.89. The zero-order chi connectivity index (χ0) is 13.6. The topological polar surface area (TPSA) is 24.1 Å². The van der Waals surface area contributed by atoms with Gasteiger partial charge in [-0.2, -0.15) is 0 Å². The van der Waals surface area contributed by atoms with Crippen LogP contribution in [0.4, 0.5) is 4.39 Å². The predicted octanol–water partition coefficient (Wildman–Crippen LogP) is 2.89. The minimum absolute atomic E-state index is 0.0792. The van der Waals surface area contributed by atoms with Gasteiger partial charge in [-0.1, -0.05) is 6.07 Å². The van der Waals surface area contributed by atoms with Crippen molar-refractivity contribution >= 4 is 0 Å². The van der Waals surface area contributed by atoms with Gasteiger partial charge in [0.2, 0.25) is 0 Å². The van der Waals surface area contributed by atoms with Crippen molar-refractivity contribution in [2.45, 2.75) is 43.6 Å². The highest BCUT2D eigenvalue weighted by Gasteiger charge is 2.44. The Morgan fingerprint density at radius 2 is 2.05 bits per heavy atom. The molecule has 2 aliphatic carbocycles. The number of rotatable bonds is 3. The molecule has 0 amide bonds. The molecule has 2 fully saturated rings. The van der Waals surface area contributed by atoms with Crippen LogP contribution in [0.1, 0.15) is 49.3 Å². The van der Waals surface area contributed by atoms with E-state index in [0.29, 0.717) is 6.04 Å². The molecule has 0 aromatic heterocycles. The molecule has 0 bridgehead atoms. The van der Waals surface area contributed by atoms with Gasteiger partial charge in [0.25, 0.3) is 0 Å². The van der Waals surface area contributed by atoms with Gasteiger partial charge in [0.05, 0.1) is 0 Å². The van der Waals surface area contributed by atoms with Crippen LogP contribution in [0.3, 0.4) is 0 Å². The molecule has 3 heteroatoms. The quantitative estimate of drug-likeness (QED) is 0.885. The predicted molar refractivity (Wildman–Crippen MR) is 78.3 cm³/mol. The standard InChI is InChI=1S/C17H23FN2/c18-13-3-4-14-15(9-13)17(5-7-19-8-6-17)10-16(14)20-11-12-1-2-12/h3-4,9,12,16,19-20H,1-2,5-8,10-11H2/t16-/m0/s1. The number of hydrogen-bond acceptors (Lipinski definition) is 2. The minimum atomic E-state index is -0.0792. The van der Waals surface area contributed by atoms with Crippen LogP contribution in [0.25, 0.3) is 0 Å². The van der Waals surface area contributed by atoms with Gasteiger partial charge in [0.1, 0.15) is 5.82 Å². The van der Waals surface area contributed by atoms with Crippen LogP contribution >= 0.6 is 0 Å². The molecule has 0 radical (unpaired) electrons. The first-order valence-corrected chi connectivity index (χ1v) is 8.01. The third-order valence-corrected chi connectivity index (χ3v) is 5.47. The van der Waals surface area contributed by atoms with Crippen molar-refractivity contribution in [3.05, 3.63) is 35.1 Å². The van der Waals surface area contributed by atoms with Gasteiger partial charge in [-0.3, -0.25) is 0 Å². The zero-order valence-corrected chi connectivity index (χ0v) is 11.9. The second kappa shape index (κ2) is 4.81. The van der Waals surface area contributed by atoms with Crippen molar-refractivity contribution < 1.29 is 4.39 Å². The summed E-state index contributed by atoms with van der Waals surface area (Å²) in [5.74, 6) is 0.813. The van der Waals surface area contributed by atoms with E-state index in [1.165, 1.54) is 24.0 Å². The SMILES string of the molecule is Fc1ccc2c(c1)C1(CCNCC1)C[C@@H]2NCC1CC1. The summed E-state index contributed by atoms with van der Waals surface area (Å²) >= 11 is 0. The highest BCUT2D eigenvalue weighted by molar-refractivity contribution is 5.43. The Morgan fingerprint density at radius 1 is 1.25 bits per heavy atom. The Kier molecular flexibility index (Phi) is 3.08. The molecule has 1 heterocycles. The highest BCUT2D eigenvalue weighted by atomic mass is 19.1. The van der Waals surface area contributed by atoms with Gasteiger partial charge in [-0.25, -0.2) is 4.39 Å². The molecular weight excluding hydrogens is 251 g/mol. The molecule has 1 saturated heterocycles. The van der Waals surface area contributed by atoms with E-state index in [4.69, 9.17) is 0 Å². The first-order valence-electron chi connectivity index (χ1n) is 8.01. The maximum Gasteiger partial charge on any atom is 0.123 e. The Bertz CT molecular complexity index is 504. The Labute approximate surface area is 120 Å². The molecule has 1 aromatic carbocycles. The van der Waals surface area contributed by atoms with Crippen LogP contribution in [-0.4, -0.2) is 19.6 Å². The normalized spacial score (nSPS) is 27.8. The molecule has 2 N–H and O–H groups in total. The van der Waals surface area contributed by atoms with Gasteiger partial charge < -0.3 is 10.6 Å². The summed E-state index contributed by atoms with van der Waals surface area (Å²) < 4.78 is 13.7. The number of halogens is 1. The molecule has 20 heavy (non-hydrogen) atoms. The Balaban J connectivity index is 1.64. The molecule has 1 aliphatic heterocycles. The summed E-state index contributed by atoms with van der Waals surface area (Å²) in [7, 11) is 0. The Hall–Kier alpha value is -0.930. The molecule has 0 unspecified atom stereocenters. The van der Waals surface area contributed by atoms with Crippen molar-refractivity contribution in [3.8, 4) is 0 Å². The van der Waals surface area contributed by atoms with E-state index >= 15 is 0 Å². The van der Waals surface area contributed by atoms with E-state index in [1.54, 1.807) is 12.1 Å². The number of nitrogens with one attached hydrogen (secondary N) is 2. The number of piperidine rings is 1. The van der Waals surface area contributed by atoms with Crippen molar-refractivity contribution in [2.24, 2.45) is 5.92 Å². The molecule has 4 rings (SSSR count). The first kappa shape index (κ1) is 12.8. The largest absolute Gasteiger partial charge is 0.317 e. The van der Waals surface area contributed by atoms with Crippen LogP contribution in [0.15, 0.2) is 18.2 Å². The van der Waals surface area contributed by atoms with Crippen LogP contribution in [0.5, 0.6) is 0 Å². The lowest BCUT2D eigenvalue weighted by atomic mass is 9.74. The van der Waals surface area contributed by atoms with Crippen molar-refractivity contribution in [1.29, 1.82) is 0 Å². The van der Waals surface area contributed by atoms with Crippen molar-refractivity contribution in [3.63, 3.8) is 0 Å². The van der Waals surface area contributed by atoms with E-state index in [2.05, 4.69) is 10.6 Å². The first-order chi connectivity index (χ1) is 9.77. The summed E-state index contributed by atoms with van der Waals surface area (Å²) in [5, 5.41) is 7.19. The Morgan fingerprint density at radius 3 is 2.80 bits per heavy atom. The maximum absolute atomic E-state index is 13.7. The minimum Gasteiger partial charge on any atom is -0.317 e. The lowest BCUT2D eigenvalue weighted by molar-refractivity contribution is 0.281. The van der Waals surface area contributed by atoms with Crippen LogP contribution in [0, 0.1) is 11.7 Å². The summed E-state index contributed by atoms with van der Waals surface area (Å²) in [6.07, 6.45) is 6.20. The summed E-state index contributed by atoms with van der Waals surface area (Å²) in [4.78, 5) is 0. The molecule has 1 aromatic rings. The highest BCUT2D eigenvalue weighted by Crippen LogP contribution is 2.50. The zero-order valence-electron chi connectivity index (χ0n) is 11.9. The van der Waals surface area contributed by atoms with Crippen molar-refractivity contribution in [1.82, 2.24) is 10.6 Å².